The van der Waals surface area contributed by atoms with Gasteiger partial charge in [0.25, 0.3) is 5.91 Å². The second-order valence-corrected chi connectivity index (χ2v) is 9.37. The van der Waals surface area contributed by atoms with Crippen molar-refractivity contribution in [2.24, 2.45) is 0 Å². The van der Waals surface area contributed by atoms with Crippen molar-refractivity contribution in [3.05, 3.63) is 89.5 Å². The lowest BCUT2D eigenvalue weighted by atomic mass is 10.0. The van der Waals surface area contributed by atoms with E-state index in [1.807, 2.05) is 53.8 Å². The Labute approximate surface area is 212 Å². The first-order valence-corrected chi connectivity index (χ1v) is 12.7. The average Bonchev–Trinajstić information content (AvgIpc) is 3.45. The molecule has 1 saturated heterocycles. The summed E-state index contributed by atoms with van der Waals surface area (Å²) in [6.07, 6.45) is 9.91. The number of piperazine rings is 1. The number of amides is 2. The third-order valence-corrected chi connectivity index (χ3v) is 6.79. The van der Waals surface area contributed by atoms with Gasteiger partial charge < -0.3 is 9.47 Å². The van der Waals surface area contributed by atoms with Crippen LogP contribution in [-0.4, -0.2) is 69.1 Å². The van der Waals surface area contributed by atoms with Crippen molar-refractivity contribution in [2.75, 3.05) is 32.7 Å². The number of benzene rings is 2. The molecule has 2 heterocycles. The van der Waals surface area contributed by atoms with E-state index in [1.54, 1.807) is 11.7 Å². The molecule has 0 radical (unpaired) electrons. The fraction of sp³-hybridized carbons (Fsp3) is 0.393. The van der Waals surface area contributed by atoms with Gasteiger partial charge in [-0.3, -0.25) is 19.7 Å². The molecule has 0 bridgehead atoms. The highest BCUT2D eigenvalue weighted by Gasteiger charge is 2.21. The molecule has 1 fully saturated rings. The minimum atomic E-state index is -0.407. The number of unbranched alkanes of at least 4 members (excludes halogenated alkanes) is 1. The number of rotatable bonds is 11. The topological polar surface area (TPSA) is 90.7 Å². The number of nitrogens with one attached hydrogen (secondary N) is 1. The average molecular weight is 490 g/mol. The molecule has 4 rings (SSSR count). The van der Waals surface area contributed by atoms with Crippen LogP contribution in [0.2, 0.25) is 0 Å². The van der Waals surface area contributed by atoms with Crippen molar-refractivity contribution >= 4 is 11.8 Å². The Balaban J connectivity index is 1.15. The Kier molecular flexibility index (Phi) is 9.24. The molecule has 0 saturated carbocycles. The molecule has 2 amide bonds. The van der Waals surface area contributed by atoms with Crippen LogP contribution in [0.15, 0.2) is 67.3 Å². The molecule has 3 aromatic rings. The number of nitrogens with zero attached hydrogens (tertiary/aromatic N) is 4. The van der Waals surface area contributed by atoms with Gasteiger partial charge in [0.15, 0.2) is 0 Å². The van der Waals surface area contributed by atoms with Crippen molar-refractivity contribution < 1.29 is 14.8 Å². The highest BCUT2D eigenvalue weighted by molar-refractivity contribution is 5.94. The van der Waals surface area contributed by atoms with Crippen LogP contribution in [0.25, 0.3) is 0 Å². The molecule has 190 valence electrons. The van der Waals surface area contributed by atoms with Gasteiger partial charge in [-0.1, -0.05) is 36.4 Å². The van der Waals surface area contributed by atoms with Gasteiger partial charge in [-0.05, 0) is 54.5 Å². The molecule has 0 spiro atoms. The van der Waals surface area contributed by atoms with Gasteiger partial charge in [-0.2, -0.15) is 0 Å². The lowest BCUT2D eigenvalue weighted by Gasteiger charge is -2.34. The Morgan fingerprint density at radius 3 is 2.03 bits per heavy atom. The number of imidazole rings is 1. The maximum absolute atomic E-state index is 12.9. The molecule has 36 heavy (non-hydrogen) atoms. The van der Waals surface area contributed by atoms with Gasteiger partial charge >= 0.3 is 0 Å². The number of hydrogen-bond acceptors (Lipinski definition) is 5. The summed E-state index contributed by atoms with van der Waals surface area (Å²) >= 11 is 0. The van der Waals surface area contributed by atoms with Crippen LogP contribution in [0.5, 0.6) is 0 Å². The summed E-state index contributed by atoms with van der Waals surface area (Å²) in [5.74, 6) is -0.286. The number of aryl methyl sites for hydroxylation is 2. The van der Waals surface area contributed by atoms with E-state index in [0.717, 1.165) is 76.1 Å². The number of aromatic nitrogens is 2. The first-order chi connectivity index (χ1) is 17.6. The van der Waals surface area contributed by atoms with Gasteiger partial charge in [-0.15, -0.1) is 0 Å². The zero-order chi connectivity index (χ0) is 25.2. The first kappa shape index (κ1) is 25.6. The number of carbonyl (C=O) groups is 2. The third kappa shape index (κ3) is 7.50. The largest absolute Gasteiger partial charge is 0.336 e. The van der Waals surface area contributed by atoms with Gasteiger partial charge in [0.2, 0.25) is 5.91 Å². The number of carbonyl (C=O) groups excluding carboxylic acids is 2. The maximum atomic E-state index is 12.9. The van der Waals surface area contributed by atoms with Crippen LogP contribution in [-0.2, 0) is 30.6 Å². The molecule has 0 atom stereocenters. The predicted molar refractivity (Wildman–Crippen MR) is 138 cm³/mol. The molecule has 1 aromatic heterocycles. The Bertz CT molecular complexity index is 1090. The summed E-state index contributed by atoms with van der Waals surface area (Å²) in [5.41, 5.74) is 5.80. The normalized spacial score (nSPS) is 14.1. The van der Waals surface area contributed by atoms with Crippen LogP contribution in [0, 0.1) is 0 Å². The highest BCUT2D eigenvalue weighted by atomic mass is 16.5. The lowest BCUT2D eigenvalue weighted by Crippen LogP contribution is -2.49. The van der Waals surface area contributed by atoms with Crippen LogP contribution < -0.4 is 5.48 Å². The molecule has 1 aliphatic rings. The van der Waals surface area contributed by atoms with Crippen molar-refractivity contribution in [1.82, 2.24) is 24.8 Å². The molecule has 2 aromatic carbocycles. The fourth-order valence-corrected chi connectivity index (χ4v) is 4.55. The minimum Gasteiger partial charge on any atom is -0.336 e. The SMILES string of the molecule is O=C(Cc1ccc(CCCCc2ccc(C(=O)N3CCN(CCn4ccnc4)CC3)cc2)cc1)NO. The predicted octanol–water partition coefficient (Wildman–Crippen LogP) is 2.95. The van der Waals surface area contributed by atoms with Crippen LogP contribution in [0.3, 0.4) is 0 Å². The Hall–Kier alpha value is -3.49. The Morgan fingerprint density at radius 1 is 0.833 bits per heavy atom. The van der Waals surface area contributed by atoms with Gasteiger partial charge in [0.1, 0.15) is 0 Å². The highest BCUT2D eigenvalue weighted by Crippen LogP contribution is 2.14. The quantitative estimate of drug-likeness (QED) is 0.246. The van der Waals surface area contributed by atoms with Crippen LogP contribution in [0.4, 0.5) is 0 Å². The molecule has 8 nitrogen and oxygen atoms in total. The fourth-order valence-electron chi connectivity index (χ4n) is 4.55. The molecular weight excluding hydrogens is 454 g/mol. The summed E-state index contributed by atoms with van der Waals surface area (Å²) in [6.45, 7) is 5.23. The van der Waals surface area contributed by atoms with Crippen molar-refractivity contribution in [1.29, 1.82) is 0 Å². The smallest absolute Gasteiger partial charge is 0.253 e. The molecule has 0 aliphatic carbocycles. The second kappa shape index (κ2) is 13.0. The van der Waals surface area contributed by atoms with Crippen molar-refractivity contribution in [3.63, 3.8) is 0 Å². The summed E-state index contributed by atoms with van der Waals surface area (Å²) < 4.78 is 2.08. The molecular formula is C28H35N5O3. The first-order valence-electron chi connectivity index (χ1n) is 12.7. The second-order valence-electron chi connectivity index (χ2n) is 9.37. The standard InChI is InChI=1S/C28H35N5O3/c34-27(30-36)21-25-7-5-23(6-8-25)3-1-2-4-24-9-11-26(12-10-24)28(35)33-19-17-31(18-20-33)15-16-32-14-13-29-22-32/h5-14,22,36H,1-4,15-21H2,(H,30,34). The summed E-state index contributed by atoms with van der Waals surface area (Å²) in [4.78, 5) is 32.6. The maximum Gasteiger partial charge on any atom is 0.253 e. The zero-order valence-corrected chi connectivity index (χ0v) is 20.7. The molecule has 1 aliphatic heterocycles. The number of hydrogen-bond donors (Lipinski definition) is 2. The van der Waals surface area contributed by atoms with Crippen molar-refractivity contribution in [3.8, 4) is 0 Å². The molecule has 8 heteroatoms. The van der Waals surface area contributed by atoms with E-state index in [0.29, 0.717) is 0 Å². The van der Waals surface area contributed by atoms with Crippen LogP contribution >= 0.6 is 0 Å². The van der Waals surface area contributed by atoms with E-state index in [9.17, 15) is 9.59 Å². The third-order valence-electron chi connectivity index (χ3n) is 6.79. The lowest BCUT2D eigenvalue weighted by molar-refractivity contribution is -0.128. The van der Waals surface area contributed by atoms with E-state index in [4.69, 9.17) is 5.21 Å². The Morgan fingerprint density at radius 2 is 1.44 bits per heavy atom. The van der Waals surface area contributed by atoms with Gasteiger partial charge in [-0.25, -0.2) is 10.5 Å². The van der Waals surface area contributed by atoms with E-state index >= 15 is 0 Å². The van der Waals surface area contributed by atoms with Crippen LogP contribution in [0.1, 0.15) is 39.9 Å². The molecule has 0 unspecified atom stereocenters. The minimum absolute atomic E-state index is 0.121. The van der Waals surface area contributed by atoms with E-state index in [2.05, 4.69) is 26.6 Å². The monoisotopic (exact) mass is 489 g/mol. The summed E-state index contributed by atoms with van der Waals surface area (Å²) in [6, 6.07) is 16.0. The zero-order valence-electron chi connectivity index (χ0n) is 20.7. The summed E-state index contributed by atoms with van der Waals surface area (Å²) in [7, 11) is 0. The van der Waals surface area contributed by atoms with E-state index in [1.165, 1.54) is 11.1 Å². The van der Waals surface area contributed by atoms with E-state index < -0.39 is 5.91 Å². The summed E-state index contributed by atoms with van der Waals surface area (Å²) in [5, 5.41) is 8.62. The van der Waals surface area contributed by atoms with E-state index in [-0.39, 0.29) is 12.3 Å². The van der Waals surface area contributed by atoms with Gasteiger partial charge in [0, 0.05) is 57.2 Å². The van der Waals surface area contributed by atoms with Gasteiger partial charge in [0.05, 0.1) is 12.7 Å². The van der Waals surface area contributed by atoms with Crippen molar-refractivity contribution in [2.45, 2.75) is 38.6 Å². The molecule has 2 N–H and O–H groups in total. The number of hydroxylamine groups is 1.